The summed E-state index contributed by atoms with van der Waals surface area (Å²) in [5.74, 6) is 0. The van der Waals surface area contributed by atoms with Crippen LogP contribution in [0.4, 0.5) is 0 Å². The van der Waals surface area contributed by atoms with Crippen molar-refractivity contribution in [3.05, 3.63) is 71.8 Å². The molecule has 1 heterocycles. The van der Waals surface area contributed by atoms with Gasteiger partial charge in [-0.2, -0.15) is 5.06 Å². The number of hydrogen-bond acceptors (Lipinski definition) is 3. The van der Waals surface area contributed by atoms with Crippen LogP contribution in [0, 0.1) is 0 Å². The summed E-state index contributed by atoms with van der Waals surface area (Å²) in [6.45, 7) is 4.53. The van der Waals surface area contributed by atoms with Crippen molar-refractivity contribution in [2.75, 3.05) is 6.61 Å². The minimum absolute atomic E-state index is 0.385. The highest BCUT2D eigenvalue weighted by molar-refractivity contribution is 5.22. The molecule has 1 fully saturated rings. The van der Waals surface area contributed by atoms with Crippen molar-refractivity contribution in [1.82, 2.24) is 5.06 Å². The van der Waals surface area contributed by atoms with Gasteiger partial charge in [0, 0.05) is 12.8 Å². The summed E-state index contributed by atoms with van der Waals surface area (Å²) in [7, 11) is 0. The Bertz CT molecular complexity index is 568. The Morgan fingerprint density at radius 3 is 1.73 bits per heavy atom. The van der Waals surface area contributed by atoms with Crippen molar-refractivity contribution in [2.24, 2.45) is 0 Å². The van der Waals surface area contributed by atoms with Gasteiger partial charge in [-0.05, 0) is 25.0 Å². The van der Waals surface area contributed by atoms with E-state index in [0.29, 0.717) is 19.4 Å². The largest absolute Gasteiger partial charge is 0.356 e. The standard InChI is InChI=1S/C19H23NO2/c1-18(2)15-22-19(20(18)21,13-16-9-5-3-6-10-16)14-17-11-7-4-8-12-17/h3-12,21H,13-15H2,1-2H3. The van der Waals surface area contributed by atoms with E-state index in [1.54, 1.807) is 0 Å². The summed E-state index contributed by atoms with van der Waals surface area (Å²) in [5.41, 5.74) is 1.22. The van der Waals surface area contributed by atoms with Crippen LogP contribution in [0.1, 0.15) is 25.0 Å². The molecule has 116 valence electrons. The van der Waals surface area contributed by atoms with Gasteiger partial charge in [-0.1, -0.05) is 60.7 Å². The van der Waals surface area contributed by atoms with Crippen molar-refractivity contribution in [2.45, 2.75) is 38.0 Å². The number of hydroxylamine groups is 2. The third-order valence-electron chi connectivity index (χ3n) is 4.30. The van der Waals surface area contributed by atoms with E-state index in [1.165, 1.54) is 5.06 Å². The minimum Gasteiger partial charge on any atom is -0.356 e. The first-order valence-electron chi connectivity index (χ1n) is 7.73. The van der Waals surface area contributed by atoms with E-state index in [1.807, 2.05) is 50.2 Å². The van der Waals surface area contributed by atoms with Crippen molar-refractivity contribution >= 4 is 0 Å². The van der Waals surface area contributed by atoms with Gasteiger partial charge < -0.3 is 9.94 Å². The third kappa shape index (κ3) is 2.93. The fraction of sp³-hybridized carbons (Fsp3) is 0.368. The topological polar surface area (TPSA) is 32.7 Å². The van der Waals surface area contributed by atoms with E-state index in [9.17, 15) is 5.21 Å². The normalized spacial score (nSPS) is 20.1. The van der Waals surface area contributed by atoms with E-state index < -0.39 is 5.72 Å². The molecule has 0 saturated carbocycles. The molecular weight excluding hydrogens is 274 g/mol. The molecule has 0 bridgehead atoms. The second kappa shape index (κ2) is 5.84. The Labute approximate surface area is 132 Å². The van der Waals surface area contributed by atoms with Crippen LogP contribution in [0.3, 0.4) is 0 Å². The molecule has 0 radical (unpaired) electrons. The molecule has 1 saturated heterocycles. The van der Waals surface area contributed by atoms with Crippen LogP contribution in [-0.4, -0.2) is 28.1 Å². The number of nitrogens with zero attached hydrogens (tertiary/aromatic N) is 1. The highest BCUT2D eigenvalue weighted by Crippen LogP contribution is 2.38. The highest BCUT2D eigenvalue weighted by atomic mass is 16.6. The zero-order chi connectivity index (χ0) is 15.6. The van der Waals surface area contributed by atoms with Gasteiger partial charge in [-0.3, -0.25) is 0 Å². The van der Waals surface area contributed by atoms with Crippen LogP contribution in [0.15, 0.2) is 60.7 Å². The van der Waals surface area contributed by atoms with Crippen LogP contribution < -0.4 is 0 Å². The highest BCUT2D eigenvalue weighted by Gasteiger charge is 2.51. The molecule has 1 aliphatic rings. The third-order valence-corrected chi connectivity index (χ3v) is 4.30. The predicted molar refractivity (Wildman–Crippen MR) is 86.7 cm³/mol. The number of rotatable bonds is 4. The molecule has 0 amide bonds. The molecule has 0 atom stereocenters. The Balaban J connectivity index is 1.92. The minimum atomic E-state index is -0.716. The SMILES string of the molecule is CC1(C)COC(Cc2ccccc2)(Cc2ccccc2)N1O. The first-order valence-corrected chi connectivity index (χ1v) is 7.73. The lowest BCUT2D eigenvalue weighted by Gasteiger charge is -2.37. The molecule has 3 nitrogen and oxygen atoms in total. The van der Waals surface area contributed by atoms with E-state index >= 15 is 0 Å². The molecule has 1 aliphatic heterocycles. The maximum Gasteiger partial charge on any atom is 0.152 e. The van der Waals surface area contributed by atoms with Crippen LogP contribution in [-0.2, 0) is 17.6 Å². The van der Waals surface area contributed by atoms with E-state index in [4.69, 9.17) is 4.74 Å². The molecule has 22 heavy (non-hydrogen) atoms. The lowest BCUT2D eigenvalue weighted by Crippen LogP contribution is -2.53. The summed E-state index contributed by atoms with van der Waals surface area (Å²) in [4.78, 5) is 0. The van der Waals surface area contributed by atoms with Gasteiger partial charge in [0.2, 0.25) is 0 Å². The monoisotopic (exact) mass is 297 g/mol. The average molecular weight is 297 g/mol. The first kappa shape index (κ1) is 15.2. The molecule has 0 aromatic heterocycles. The van der Waals surface area contributed by atoms with Crippen LogP contribution in [0.5, 0.6) is 0 Å². The maximum atomic E-state index is 10.8. The fourth-order valence-corrected chi connectivity index (χ4v) is 3.13. The van der Waals surface area contributed by atoms with Gasteiger partial charge in [0.25, 0.3) is 0 Å². The van der Waals surface area contributed by atoms with Crippen molar-refractivity contribution in [3.8, 4) is 0 Å². The van der Waals surface area contributed by atoms with E-state index in [-0.39, 0.29) is 5.54 Å². The zero-order valence-corrected chi connectivity index (χ0v) is 13.2. The lowest BCUT2D eigenvalue weighted by atomic mass is 9.93. The quantitative estimate of drug-likeness (QED) is 0.934. The van der Waals surface area contributed by atoms with Crippen molar-refractivity contribution in [3.63, 3.8) is 0 Å². The molecule has 1 N–H and O–H groups in total. The van der Waals surface area contributed by atoms with Gasteiger partial charge in [0.05, 0.1) is 12.1 Å². The van der Waals surface area contributed by atoms with Gasteiger partial charge in [0.1, 0.15) is 0 Å². The summed E-state index contributed by atoms with van der Waals surface area (Å²) < 4.78 is 6.15. The molecule has 0 unspecified atom stereocenters. The number of benzene rings is 2. The molecular formula is C19H23NO2. The van der Waals surface area contributed by atoms with Crippen LogP contribution in [0.25, 0.3) is 0 Å². The number of ether oxygens (including phenoxy) is 1. The smallest absolute Gasteiger partial charge is 0.152 e. The zero-order valence-electron chi connectivity index (χ0n) is 13.2. The van der Waals surface area contributed by atoms with Gasteiger partial charge >= 0.3 is 0 Å². The summed E-state index contributed by atoms with van der Waals surface area (Å²) in [5, 5.41) is 12.2. The Morgan fingerprint density at radius 2 is 1.36 bits per heavy atom. The molecule has 3 rings (SSSR count). The molecule has 0 spiro atoms. The summed E-state index contributed by atoms with van der Waals surface area (Å²) >= 11 is 0. The second-order valence-electron chi connectivity index (χ2n) is 6.68. The van der Waals surface area contributed by atoms with Crippen molar-refractivity contribution < 1.29 is 9.94 Å². The Hall–Kier alpha value is -1.68. The lowest BCUT2D eigenvalue weighted by molar-refractivity contribution is -0.249. The average Bonchev–Trinajstić information content (AvgIpc) is 2.74. The fourth-order valence-electron chi connectivity index (χ4n) is 3.13. The maximum absolute atomic E-state index is 10.8. The van der Waals surface area contributed by atoms with Gasteiger partial charge in [-0.15, -0.1) is 0 Å². The Morgan fingerprint density at radius 1 is 0.909 bits per heavy atom. The number of hydrogen-bond donors (Lipinski definition) is 1. The van der Waals surface area contributed by atoms with Gasteiger partial charge in [0.15, 0.2) is 5.72 Å². The summed E-state index contributed by atoms with van der Waals surface area (Å²) in [6, 6.07) is 20.4. The summed E-state index contributed by atoms with van der Waals surface area (Å²) in [6.07, 6.45) is 1.31. The van der Waals surface area contributed by atoms with Crippen LogP contribution in [0.2, 0.25) is 0 Å². The van der Waals surface area contributed by atoms with E-state index in [0.717, 1.165) is 11.1 Å². The second-order valence-corrected chi connectivity index (χ2v) is 6.68. The molecule has 2 aromatic rings. The Kier molecular flexibility index (Phi) is 4.04. The molecule has 3 heteroatoms. The van der Waals surface area contributed by atoms with Crippen LogP contribution >= 0.6 is 0 Å². The predicted octanol–water partition coefficient (Wildman–Crippen LogP) is 3.67. The van der Waals surface area contributed by atoms with E-state index in [2.05, 4.69) is 24.3 Å². The molecule has 0 aliphatic carbocycles. The first-order chi connectivity index (χ1) is 10.5. The van der Waals surface area contributed by atoms with Crippen molar-refractivity contribution in [1.29, 1.82) is 0 Å². The van der Waals surface area contributed by atoms with Gasteiger partial charge in [-0.25, -0.2) is 0 Å². The molecule has 2 aromatic carbocycles.